The highest BCUT2D eigenvalue weighted by Crippen LogP contribution is 2.30. The zero-order valence-electron chi connectivity index (χ0n) is 29.0. The Hall–Kier alpha value is -0.0800. The first-order valence-corrected chi connectivity index (χ1v) is 21.2. The van der Waals surface area contributed by atoms with E-state index >= 15 is 0 Å². The maximum atomic E-state index is 2.50. The van der Waals surface area contributed by atoms with E-state index in [1.807, 2.05) is 0 Å². The molecular weight excluding hydrogens is 545 g/mol. The predicted molar refractivity (Wildman–Crippen MR) is 198 cm³/mol. The third-order valence-corrected chi connectivity index (χ3v) is 10.9. The topological polar surface area (TPSA) is 0 Å². The Balaban J connectivity index is 2.11. The number of unbranched alkanes of at least 4 members (excludes halogenated alkanes) is 25. The van der Waals surface area contributed by atoms with Gasteiger partial charge in [-0.15, -0.1) is 23.5 Å². The zero-order valence-corrected chi connectivity index (χ0v) is 30.6. The molecule has 0 amide bonds. The lowest BCUT2D eigenvalue weighted by Gasteiger charge is -2.10. The third-order valence-electron chi connectivity index (χ3n) is 8.79. The van der Waals surface area contributed by atoms with Crippen LogP contribution in [0.2, 0.25) is 0 Å². The minimum atomic E-state index is 1.25. The number of hydrogen-bond donors (Lipinski definition) is 0. The summed E-state index contributed by atoms with van der Waals surface area (Å²) in [5.74, 6) is 2.58. The van der Waals surface area contributed by atoms with E-state index in [1.54, 1.807) is 5.56 Å². The summed E-state index contributed by atoms with van der Waals surface area (Å²) in [4.78, 5) is 3.05. The lowest BCUT2D eigenvalue weighted by Crippen LogP contribution is -1.90. The fourth-order valence-corrected chi connectivity index (χ4v) is 8.08. The maximum Gasteiger partial charge on any atom is 0.00858 e. The lowest BCUT2D eigenvalue weighted by molar-refractivity contribution is 0.543. The van der Waals surface area contributed by atoms with Crippen molar-refractivity contribution in [2.45, 2.75) is 217 Å². The Morgan fingerprint density at radius 1 is 0.333 bits per heavy atom. The first-order chi connectivity index (χ1) is 20.8. The molecule has 0 aromatic heterocycles. The predicted octanol–water partition coefficient (Wildman–Crippen LogP) is 15.4. The van der Waals surface area contributed by atoms with E-state index in [9.17, 15) is 0 Å². The Morgan fingerprint density at radius 2 is 0.619 bits per heavy atom. The average Bonchev–Trinajstić information content (AvgIpc) is 3.00. The Morgan fingerprint density at radius 3 is 0.929 bits per heavy atom. The lowest BCUT2D eigenvalue weighted by atomic mass is 10.1. The van der Waals surface area contributed by atoms with Gasteiger partial charge in [-0.1, -0.05) is 181 Å². The molecule has 2 heteroatoms. The molecule has 0 N–H and O–H groups in total. The van der Waals surface area contributed by atoms with Crippen molar-refractivity contribution in [1.29, 1.82) is 0 Å². The summed E-state index contributed by atoms with van der Waals surface area (Å²) in [5.41, 5.74) is 1.57. The van der Waals surface area contributed by atoms with E-state index in [0.717, 1.165) is 0 Å². The van der Waals surface area contributed by atoms with E-state index in [0.29, 0.717) is 0 Å². The summed E-state index contributed by atoms with van der Waals surface area (Å²) in [5, 5.41) is 0. The normalized spacial score (nSPS) is 11.5. The highest BCUT2D eigenvalue weighted by atomic mass is 32.2. The Bertz CT molecular complexity index is 619. The molecule has 0 spiro atoms. The standard InChI is InChI=1S/C40H74S2/c1-4-7-10-12-14-16-18-20-22-24-26-28-30-33-41-39-35-38(32-9-6-3)36-40(37-39)42-34-31-29-27-25-23-21-19-17-15-13-11-8-5-2/h35-37H,4-34H2,1-3H3. The van der Waals surface area contributed by atoms with Crippen LogP contribution in [-0.2, 0) is 6.42 Å². The third kappa shape index (κ3) is 26.3. The van der Waals surface area contributed by atoms with Crippen molar-refractivity contribution < 1.29 is 0 Å². The molecule has 0 bridgehead atoms. The van der Waals surface area contributed by atoms with Crippen LogP contribution in [0.4, 0.5) is 0 Å². The van der Waals surface area contributed by atoms with Gasteiger partial charge in [0.1, 0.15) is 0 Å². The Kier molecular flexibility index (Phi) is 30.7. The monoisotopic (exact) mass is 619 g/mol. The quantitative estimate of drug-likeness (QED) is 0.0567. The first kappa shape index (κ1) is 39.9. The van der Waals surface area contributed by atoms with Crippen molar-refractivity contribution in [3.8, 4) is 0 Å². The molecule has 0 radical (unpaired) electrons. The van der Waals surface area contributed by atoms with Gasteiger partial charge in [0.25, 0.3) is 0 Å². The molecule has 0 aliphatic rings. The van der Waals surface area contributed by atoms with E-state index in [2.05, 4.69) is 62.5 Å². The smallest absolute Gasteiger partial charge is 0.00858 e. The molecule has 0 fully saturated rings. The van der Waals surface area contributed by atoms with Crippen LogP contribution in [0.25, 0.3) is 0 Å². The van der Waals surface area contributed by atoms with E-state index < -0.39 is 0 Å². The number of benzene rings is 1. The molecular formula is C40H74S2. The minimum absolute atomic E-state index is 1.25. The molecule has 0 heterocycles. The summed E-state index contributed by atoms with van der Waals surface area (Å²) in [6, 6.07) is 7.49. The fraction of sp³-hybridized carbons (Fsp3) is 0.850. The van der Waals surface area contributed by atoms with Gasteiger partial charge in [0.05, 0.1) is 0 Å². The van der Waals surface area contributed by atoms with Gasteiger partial charge in [0, 0.05) is 9.79 Å². The maximum absolute atomic E-state index is 2.50. The second-order valence-electron chi connectivity index (χ2n) is 13.1. The molecule has 0 saturated heterocycles. The average molecular weight is 619 g/mol. The second kappa shape index (κ2) is 32.3. The van der Waals surface area contributed by atoms with Gasteiger partial charge >= 0.3 is 0 Å². The molecule has 0 nitrogen and oxygen atoms in total. The number of aryl methyl sites for hydroxylation is 1. The van der Waals surface area contributed by atoms with Gasteiger partial charge < -0.3 is 0 Å². The van der Waals surface area contributed by atoms with E-state index in [4.69, 9.17) is 0 Å². The van der Waals surface area contributed by atoms with Crippen molar-refractivity contribution in [1.82, 2.24) is 0 Å². The molecule has 0 saturated carbocycles. The summed E-state index contributed by atoms with van der Waals surface area (Å²) in [6.45, 7) is 6.93. The van der Waals surface area contributed by atoms with Crippen LogP contribution in [0.5, 0.6) is 0 Å². The van der Waals surface area contributed by atoms with Gasteiger partial charge in [0.15, 0.2) is 0 Å². The zero-order chi connectivity index (χ0) is 30.2. The second-order valence-corrected chi connectivity index (χ2v) is 15.4. The summed E-state index contributed by atoms with van der Waals surface area (Å²) < 4.78 is 0. The molecule has 1 aromatic carbocycles. The van der Waals surface area contributed by atoms with Gasteiger partial charge in [-0.3, -0.25) is 0 Å². The van der Waals surface area contributed by atoms with Gasteiger partial charge in [-0.2, -0.15) is 0 Å². The van der Waals surface area contributed by atoms with Crippen molar-refractivity contribution in [2.24, 2.45) is 0 Å². The van der Waals surface area contributed by atoms with Crippen LogP contribution >= 0.6 is 23.5 Å². The van der Waals surface area contributed by atoms with Crippen LogP contribution in [0.1, 0.15) is 206 Å². The van der Waals surface area contributed by atoms with Gasteiger partial charge in [0.2, 0.25) is 0 Å². The van der Waals surface area contributed by atoms with Crippen LogP contribution in [0.15, 0.2) is 28.0 Å². The number of rotatable bonds is 33. The first-order valence-electron chi connectivity index (χ1n) is 19.2. The SMILES string of the molecule is CCCCCCCCCCCCCCCSc1cc(CCCC)cc(SCCCCCCCCCCCCCCC)c1. The van der Waals surface area contributed by atoms with Crippen molar-refractivity contribution in [3.63, 3.8) is 0 Å². The molecule has 1 aromatic rings. The summed E-state index contributed by atoms with van der Waals surface area (Å²) in [7, 11) is 0. The fourth-order valence-electron chi connectivity index (χ4n) is 5.94. The number of hydrogen-bond acceptors (Lipinski definition) is 2. The van der Waals surface area contributed by atoms with Crippen LogP contribution in [0.3, 0.4) is 0 Å². The van der Waals surface area contributed by atoms with Crippen LogP contribution < -0.4 is 0 Å². The van der Waals surface area contributed by atoms with Crippen molar-refractivity contribution in [3.05, 3.63) is 23.8 Å². The highest BCUT2D eigenvalue weighted by Gasteiger charge is 2.04. The summed E-state index contributed by atoms with van der Waals surface area (Å²) in [6.07, 6.45) is 41.3. The number of thioether (sulfide) groups is 2. The van der Waals surface area contributed by atoms with Crippen LogP contribution in [0, 0.1) is 0 Å². The van der Waals surface area contributed by atoms with E-state index in [-0.39, 0.29) is 0 Å². The minimum Gasteiger partial charge on any atom is -0.126 e. The van der Waals surface area contributed by atoms with Crippen molar-refractivity contribution >= 4 is 23.5 Å². The molecule has 42 heavy (non-hydrogen) atoms. The molecule has 246 valence electrons. The summed E-state index contributed by atoms with van der Waals surface area (Å²) >= 11 is 4.23. The Labute approximate surface area is 274 Å². The molecule has 1 rings (SSSR count). The molecule has 0 atom stereocenters. The molecule has 0 aliphatic heterocycles. The van der Waals surface area contributed by atoms with E-state index in [1.165, 1.54) is 208 Å². The van der Waals surface area contributed by atoms with Crippen LogP contribution in [-0.4, -0.2) is 11.5 Å². The van der Waals surface area contributed by atoms with Gasteiger partial charge in [-0.05, 0) is 61.0 Å². The van der Waals surface area contributed by atoms with Gasteiger partial charge in [-0.25, -0.2) is 0 Å². The van der Waals surface area contributed by atoms with Crippen molar-refractivity contribution in [2.75, 3.05) is 11.5 Å². The molecule has 0 unspecified atom stereocenters. The highest BCUT2D eigenvalue weighted by molar-refractivity contribution is 8.00. The molecule has 0 aliphatic carbocycles. The largest absolute Gasteiger partial charge is 0.126 e.